The molecule has 2 heterocycles. The SMILES string of the molecule is O=C(Nc1ccc2nc(SCC(=O)N3c4ccccc4C4CCCCC43)sc2c1)c1ccccc1Cl. The lowest BCUT2D eigenvalue weighted by Gasteiger charge is -2.32. The van der Waals surface area contributed by atoms with E-state index in [1.165, 1.54) is 41.5 Å². The lowest BCUT2D eigenvalue weighted by atomic mass is 9.82. The lowest BCUT2D eigenvalue weighted by molar-refractivity contribution is -0.116. The van der Waals surface area contributed by atoms with Crippen LogP contribution in [-0.2, 0) is 4.79 Å². The maximum atomic E-state index is 13.4. The molecule has 2 aliphatic rings. The third-order valence-electron chi connectivity index (χ3n) is 6.99. The van der Waals surface area contributed by atoms with Crippen molar-refractivity contribution < 1.29 is 9.59 Å². The number of nitrogens with one attached hydrogen (secondary N) is 1. The quantitative estimate of drug-likeness (QED) is 0.272. The first-order chi connectivity index (χ1) is 17.6. The lowest BCUT2D eigenvalue weighted by Crippen LogP contribution is -2.41. The first-order valence-corrected chi connectivity index (χ1v) is 14.3. The molecule has 2 unspecified atom stereocenters. The van der Waals surface area contributed by atoms with E-state index >= 15 is 0 Å². The van der Waals surface area contributed by atoms with Crippen molar-refractivity contribution in [1.29, 1.82) is 0 Å². The number of thiazole rings is 1. The molecule has 8 heteroatoms. The van der Waals surface area contributed by atoms with Crippen molar-refractivity contribution in [2.45, 2.75) is 42.0 Å². The summed E-state index contributed by atoms with van der Waals surface area (Å²) in [7, 11) is 0. The van der Waals surface area contributed by atoms with Crippen molar-refractivity contribution in [1.82, 2.24) is 4.98 Å². The van der Waals surface area contributed by atoms with Crippen molar-refractivity contribution >= 4 is 68.1 Å². The maximum Gasteiger partial charge on any atom is 0.257 e. The van der Waals surface area contributed by atoms with Crippen molar-refractivity contribution in [3.63, 3.8) is 0 Å². The van der Waals surface area contributed by atoms with Gasteiger partial charge in [-0.25, -0.2) is 4.98 Å². The van der Waals surface area contributed by atoms with E-state index in [4.69, 9.17) is 16.6 Å². The van der Waals surface area contributed by atoms with Gasteiger partial charge in [-0.1, -0.05) is 66.5 Å². The number of carbonyl (C=O) groups excluding carboxylic acids is 2. The number of nitrogens with zero attached hydrogens (tertiary/aromatic N) is 2. The molecule has 1 saturated carbocycles. The van der Waals surface area contributed by atoms with Gasteiger partial charge in [0.25, 0.3) is 5.91 Å². The number of anilines is 2. The summed E-state index contributed by atoms with van der Waals surface area (Å²) in [6, 6.07) is 21.3. The largest absolute Gasteiger partial charge is 0.322 e. The minimum atomic E-state index is -0.253. The van der Waals surface area contributed by atoms with Gasteiger partial charge < -0.3 is 10.2 Å². The molecule has 1 aliphatic heterocycles. The summed E-state index contributed by atoms with van der Waals surface area (Å²) in [5.74, 6) is 0.712. The highest BCUT2D eigenvalue weighted by Crippen LogP contribution is 2.48. The number of fused-ring (bicyclic) bond motifs is 4. The summed E-state index contributed by atoms with van der Waals surface area (Å²) in [6.45, 7) is 0. The number of aromatic nitrogens is 1. The molecule has 5 nitrogen and oxygen atoms in total. The Labute approximate surface area is 222 Å². The molecule has 1 fully saturated rings. The predicted octanol–water partition coefficient (Wildman–Crippen LogP) is 7.37. The first kappa shape index (κ1) is 23.5. The number of hydrogen-bond acceptors (Lipinski definition) is 5. The molecule has 0 bridgehead atoms. The van der Waals surface area contributed by atoms with Crippen LogP contribution in [0.5, 0.6) is 0 Å². The third kappa shape index (κ3) is 4.40. The van der Waals surface area contributed by atoms with Gasteiger partial charge in [-0.15, -0.1) is 11.3 Å². The molecule has 1 aliphatic carbocycles. The van der Waals surface area contributed by atoms with Crippen LogP contribution in [0.4, 0.5) is 11.4 Å². The van der Waals surface area contributed by atoms with Crippen molar-refractivity contribution in [2.24, 2.45) is 0 Å². The van der Waals surface area contributed by atoms with E-state index < -0.39 is 0 Å². The highest BCUT2D eigenvalue weighted by molar-refractivity contribution is 8.01. The highest BCUT2D eigenvalue weighted by atomic mass is 35.5. The number of amides is 2. The number of benzene rings is 3. The Balaban J connectivity index is 1.15. The summed E-state index contributed by atoms with van der Waals surface area (Å²) in [5.41, 5.74) is 4.38. The zero-order valence-corrected chi connectivity index (χ0v) is 21.8. The van der Waals surface area contributed by atoms with E-state index in [9.17, 15) is 9.59 Å². The smallest absolute Gasteiger partial charge is 0.257 e. The molecular formula is C28H24ClN3O2S2. The Bertz CT molecular complexity index is 1470. The Hall–Kier alpha value is -2.87. The molecule has 1 N–H and O–H groups in total. The van der Waals surface area contributed by atoms with E-state index in [0.717, 1.165) is 33.1 Å². The van der Waals surface area contributed by atoms with Gasteiger partial charge in [-0.05, 0) is 54.8 Å². The fraction of sp³-hybridized carbons (Fsp3) is 0.250. The van der Waals surface area contributed by atoms with Crippen LogP contribution in [0.25, 0.3) is 10.2 Å². The third-order valence-corrected chi connectivity index (χ3v) is 9.47. The molecular weight excluding hydrogens is 510 g/mol. The summed E-state index contributed by atoms with van der Waals surface area (Å²) in [4.78, 5) is 32.8. The summed E-state index contributed by atoms with van der Waals surface area (Å²) in [5, 5.41) is 3.33. The maximum absolute atomic E-state index is 13.4. The van der Waals surface area contributed by atoms with E-state index in [-0.39, 0.29) is 17.9 Å². The van der Waals surface area contributed by atoms with Crippen LogP contribution in [0.2, 0.25) is 5.02 Å². The Morgan fingerprint density at radius 2 is 1.86 bits per heavy atom. The zero-order valence-electron chi connectivity index (χ0n) is 19.4. The number of rotatable bonds is 5. The minimum Gasteiger partial charge on any atom is -0.322 e. The Morgan fingerprint density at radius 1 is 1.06 bits per heavy atom. The summed E-state index contributed by atoms with van der Waals surface area (Å²) >= 11 is 9.17. The van der Waals surface area contributed by atoms with Crippen LogP contribution >= 0.6 is 34.7 Å². The number of halogens is 1. The molecule has 6 rings (SSSR count). The van der Waals surface area contributed by atoms with Crippen molar-refractivity contribution in [2.75, 3.05) is 16.0 Å². The van der Waals surface area contributed by atoms with Gasteiger partial charge >= 0.3 is 0 Å². The minimum absolute atomic E-state index is 0.147. The van der Waals surface area contributed by atoms with E-state index in [1.807, 2.05) is 24.3 Å². The van der Waals surface area contributed by atoms with Crippen LogP contribution in [-0.4, -0.2) is 28.6 Å². The van der Waals surface area contributed by atoms with Crippen LogP contribution < -0.4 is 10.2 Å². The molecule has 2 amide bonds. The molecule has 0 saturated heterocycles. The molecule has 36 heavy (non-hydrogen) atoms. The standard InChI is InChI=1S/C28H24ClN3O2S2/c29-21-10-4-1-9-20(21)27(34)30-17-13-14-22-25(15-17)36-28(31-22)35-16-26(33)32-23-11-5-2-7-18(23)19-8-3-6-12-24(19)32/h1-2,4-5,7,9-11,13-15,19,24H,3,6,8,12,16H2,(H,30,34). The molecule has 2 atom stereocenters. The fourth-order valence-electron chi connectivity index (χ4n) is 5.38. The topological polar surface area (TPSA) is 62.3 Å². The average molecular weight is 534 g/mol. The van der Waals surface area contributed by atoms with Gasteiger partial charge in [-0.2, -0.15) is 0 Å². The van der Waals surface area contributed by atoms with Crippen LogP contribution in [0.1, 0.15) is 47.5 Å². The fourth-order valence-corrected chi connectivity index (χ4v) is 7.57. The molecule has 0 radical (unpaired) electrons. The molecule has 182 valence electrons. The van der Waals surface area contributed by atoms with Crippen molar-refractivity contribution in [3.8, 4) is 0 Å². The number of hydrogen-bond donors (Lipinski definition) is 1. The predicted molar refractivity (Wildman–Crippen MR) is 149 cm³/mol. The van der Waals surface area contributed by atoms with E-state index in [0.29, 0.717) is 27.9 Å². The van der Waals surface area contributed by atoms with Crippen LogP contribution in [0, 0.1) is 0 Å². The van der Waals surface area contributed by atoms with Crippen LogP contribution in [0.15, 0.2) is 71.1 Å². The average Bonchev–Trinajstić information content (AvgIpc) is 3.46. The Kier molecular flexibility index (Phi) is 6.46. The normalized spacial score (nSPS) is 18.6. The van der Waals surface area contributed by atoms with Crippen LogP contribution in [0.3, 0.4) is 0 Å². The first-order valence-electron chi connectivity index (χ1n) is 12.1. The second-order valence-electron chi connectivity index (χ2n) is 9.17. The van der Waals surface area contributed by atoms with Gasteiger partial charge in [0.15, 0.2) is 4.34 Å². The van der Waals surface area contributed by atoms with Gasteiger partial charge in [0.2, 0.25) is 5.91 Å². The van der Waals surface area contributed by atoms with Gasteiger partial charge in [0, 0.05) is 23.3 Å². The van der Waals surface area contributed by atoms with Gasteiger partial charge in [0.1, 0.15) is 0 Å². The van der Waals surface area contributed by atoms with Gasteiger partial charge in [-0.3, -0.25) is 9.59 Å². The second kappa shape index (κ2) is 9.88. The molecule has 3 aromatic carbocycles. The number of thioether (sulfide) groups is 1. The van der Waals surface area contributed by atoms with Crippen molar-refractivity contribution in [3.05, 3.63) is 82.9 Å². The second-order valence-corrected chi connectivity index (χ2v) is 11.8. The van der Waals surface area contributed by atoms with E-state index in [2.05, 4.69) is 28.4 Å². The summed E-state index contributed by atoms with van der Waals surface area (Å²) in [6.07, 6.45) is 4.64. The van der Waals surface area contributed by atoms with E-state index in [1.54, 1.807) is 24.3 Å². The molecule has 4 aromatic rings. The number of para-hydroxylation sites is 1. The molecule has 0 spiro atoms. The Morgan fingerprint density at radius 3 is 2.75 bits per heavy atom. The highest BCUT2D eigenvalue weighted by Gasteiger charge is 2.42. The van der Waals surface area contributed by atoms with Gasteiger partial charge in [0.05, 0.1) is 26.6 Å². The number of carbonyl (C=O) groups is 2. The zero-order chi connectivity index (χ0) is 24.6. The molecule has 1 aromatic heterocycles. The summed E-state index contributed by atoms with van der Waals surface area (Å²) < 4.78 is 1.81. The monoisotopic (exact) mass is 533 g/mol.